The molecule has 2 nitrogen and oxygen atoms in total. The SMILES string of the molecule is CC(Br)C(=O)NCC1(C2CC2)CC1. The smallest absolute Gasteiger partial charge is 0.233 e. The number of carbonyl (C=O) groups excluding carboxylic acids is 1. The highest BCUT2D eigenvalue weighted by molar-refractivity contribution is 9.10. The molecule has 0 aromatic heterocycles. The first-order valence-corrected chi connectivity index (χ1v) is 5.97. The molecule has 0 aromatic rings. The monoisotopic (exact) mass is 245 g/mol. The van der Waals surface area contributed by atoms with E-state index in [1.54, 1.807) is 0 Å². The Morgan fingerprint density at radius 3 is 2.62 bits per heavy atom. The molecule has 2 rings (SSSR count). The molecule has 0 saturated heterocycles. The molecule has 1 unspecified atom stereocenters. The van der Waals surface area contributed by atoms with Crippen LogP contribution in [-0.4, -0.2) is 17.3 Å². The molecule has 0 aliphatic heterocycles. The van der Waals surface area contributed by atoms with Crippen LogP contribution in [0.2, 0.25) is 0 Å². The highest BCUT2D eigenvalue weighted by atomic mass is 79.9. The van der Waals surface area contributed by atoms with Crippen molar-refractivity contribution in [1.29, 1.82) is 0 Å². The zero-order valence-electron chi connectivity index (χ0n) is 7.98. The Kier molecular flexibility index (Phi) is 2.39. The maximum Gasteiger partial charge on any atom is 0.233 e. The van der Waals surface area contributed by atoms with Crippen LogP contribution >= 0.6 is 15.9 Å². The Bertz CT molecular complexity index is 219. The van der Waals surface area contributed by atoms with Gasteiger partial charge in [0.2, 0.25) is 5.91 Å². The third-order valence-electron chi connectivity index (χ3n) is 3.31. The van der Waals surface area contributed by atoms with Crippen molar-refractivity contribution in [2.45, 2.75) is 37.4 Å². The zero-order chi connectivity index (χ0) is 9.47. The minimum atomic E-state index is -0.0532. The van der Waals surface area contributed by atoms with Crippen LogP contribution in [0.15, 0.2) is 0 Å². The van der Waals surface area contributed by atoms with Crippen molar-refractivity contribution in [3.63, 3.8) is 0 Å². The first-order valence-electron chi connectivity index (χ1n) is 5.06. The van der Waals surface area contributed by atoms with Gasteiger partial charge >= 0.3 is 0 Å². The van der Waals surface area contributed by atoms with Gasteiger partial charge in [-0.15, -0.1) is 0 Å². The zero-order valence-corrected chi connectivity index (χ0v) is 9.56. The van der Waals surface area contributed by atoms with E-state index in [4.69, 9.17) is 0 Å². The fourth-order valence-electron chi connectivity index (χ4n) is 1.99. The lowest BCUT2D eigenvalue weighted by Gasteiger charge is -2.15. The normalized spacial score (nSPS) is 26.6. The summed E-state index contributed by atoms with van der Waals surface area (Å²) in [7, 11) is 0. The third-order valence-corrected chi connectivity index (χ3v) is 3.73. The third kappa shape index (κ3) is 2.06. The van der Waals surface area contributed by atoms with E-state index in [9.17, 15) is 4.79 Å². The summed E-state index contributed by atoms with van der Waals surface area (Å²) in [4.78, 5) is 11.2. The Balaban J connectivity index is 1.76. The summed E-state index contributed by atoms with van der Waals surface area (Å²) in [5, 5.41) is 3.02. The van der Waals surface area contributed by atoms with Crippen molar-refractivity contribution in [3.05, 3.63) is 0 Å². The molecule has 1 amide bonds. The topological polar surface area (TPSA) is 29.1 Å². The second-order valence-electron chi connectivity index (χ2n) is 4.47. The molecule has 2 aliphatic carbocycles. The number of hydrogen-bond donors (Lipinski definition) is 1. The van der Waals surface area contributed by atoms with Crippen molar-refractivity contribution in [2.75, 3.05) is 6.54 Å². The number of alkyl halides is 1. The first-order chi connectivity index (χ1) is 6.14. The van der Waals surface area contributed by atoms with Gasteiger partial charge in [-0.3, -0.25) is 4.79 Å². The molecule has 0 radical (unpaired) electrons. The lowest BCUT2D eigenvalue weighted by atomic mass is 10.0. The minimum Gasteiger partial charge on any atom is -0.355 e. The molecular weight excluding hydrogens is 230 g/mol. The average molecular weight is 246 g/mol. The van der Waals surface area contributed by atoms with Crippen LogP contribution in [0.4, 0.5) is 0 Å². The Morgan fingerprint density at radius 2 is 2.23 bits per heavy atom. The predicted octanol–water partition coefficient (Wildman–Crippen LogP) is 2.08. The molecule has 0 bridgehead atoms. The van der Waals surface area contributed by atoms with Gasteiger partial charge in [-0.2, -0.15) is 0 Å². The molecule has 2 aliphatic rings. The fourth-order valence-corrected chi connectivity index (χ4v) is 2.15. The van der Waals surface area contributed by atoms with Gasteiger partial charge in [0.1, 0.15) is 0 Å². The molecule has 1 atom stereocenters. The van der Waals surface area contributed by atoms with Crippen LogP contribution in [0.3, 0.4) is 0 Å². The van der Waals surface area contributed by atoms with E-state index in [-0.39, 0.29) is 10.7 Å². The van der Waals surface area contributed by atoms with Crippen molar-refractivity contribution >= 4 is 21.8 Å². The number of carbonyl (C=O) groups is 1. The summed E-state index contributed by atoms with van der Waals surface area (Å²) < 4.78 is 0. The Labute approximate surface area is 87.6 Å². The van der Waals surface area contributed by atoms with Gasteiger partial charge in [-0.05, 0) is 43.9 Å². The largest absolute Gasteiger partial charge is 0.355 e. The second-order valence-corrected chi connectivity index (χ2v) is 5.84. The van der Waals surface area contributed by atoms with Gasteiger partial charge < -0.3 is 5.32 Å². The average Bonchev–Trinajstić information content (AvgIpc) is 2.90. The van der Waals surface area contributed by atoms with E-state index < -0.39 is 0 Å². The summed E-state index contributed by atoms with van der Waals surface area (Å²) in [6, 6.07) is 0. The molecule has 2 saturated carbocycles. The number of amides is 1. The molecule has 1 N–H and O–H groups in total. The van der Waals surface area contributed by atoms with Crippen LogP contribution in [-0.2, 0) is 4.79 Å². The van der Waals surface area contributed by atoms with Crippen LogP contribution in [0.25, 0.3) is 0 Å². The summed E-state index contributed by atoms with van der Waals surface area (Å²) in [5.74, 6) is 1.06. The van der Waals surface area contributed by atoms with Gasteiger partial charge in [-0.1, -0.05) is 15.9 Å². The lowest BCUT2D eigenvalue weighted by Crippen LogP contribution is -2.35. The Hall–Kier alpha value is -0.0500. The summed E-state index contributed by atoms with van der Waals surface area (Å²) >= 11 is 3.27. The van der Waals surface area contributed by atoms with E-state index >= 15 is 0 Å². The minimum absolute atomic E-state index is 0.0532. The molecule has 74 valence electrons. The van der Waals surface area contributed by atoms with Crippen LogP contribution in [0, 0.1) is 11.3 Å². The molecule has 0 spiro atoms. The quantitative estimate of drug-likeness (QED) is 0.756. The number of nitrogens with one attached hydrogen (secondary N) is 1. The highest BCUT2D eigenvalue weighted by Crippen LogP contribution is 2.60. The van der Waals surface area contributed by atoms with Crippen molar-refractivity contribution < 1.29 is 4.79 Å². The van der Waals surface area contributed by atoms with E-state index in [0.29, 0.717) is 5.41 Å². The van der Waals surface area contributed by atoms with E-state index in [2.05, 4.69) is 21.2 Å². The summed E-state index contributed by atoms with van der Waals surface area (Å²) in [6.07, 6.45) is 5.43. The highest BCUT2D eigenvalue weighted by Gasteiger charge is 2.53. The lowest BCUT2D eigenvalue weighted by molar-refractivity contribution is -0.120. The van der Waals surface area contributed by atoms with Crippen LogP contribution in [0.5, 0.6) is 0 Å². The second kappa shape index (κ2) is 3.26. The van der Waals surface area contributed by atoms with Gasteiger partial charge in [0.05, 0.1) is 4.83 Å². The fraction of sp³-hybridized carbons (Fsp3) is 0.900. The van der Waals surface area contributed by atoms with Gasteiger partial charge in [0.25, 0.3) is 0 Å². The Morgan fingerprint density at radius 1 is 1.62 bits per heavy atom. The van der Waals surface area contributed by atoms with E-state index in [0.717, 1.165) is 12.5 Å². The molecule has 0 aromatic carbocycles. The molecule has 3 heteroatoms. The molecule has 13 heavy (non-hydrogen) atoms. The van der Waals surface area contributed by atoms with E-state index in [1.165, 1.54) is 25.7 Å². The maximum atomic E-state index is 11.3. The molecular formula is C10H16BrNO. The predicted molar refractivity (Wildman–Crippen MR) is 55.8 cm³/mol. The summed E-state index contributed by atoms with van der Waals surface area (Å²) in [6.45, 7) is 2.78. The van der Waals surface area contributed by atoms with Crippen molar-refractivity contribution in [1.82, 2.24) is 5.32 Å². The number of rotatable bonds is 4. The van der Waals surface area contributed by atoms with Crippen LogP contribution < -0.4 is 5.32 Å². The first kappa shape index (κ1) is 9.50. The number of hydrogen-bond acceptors (Lipinski definition) is 1. The number of halogens is 1. The molecule has 2 fully saturated rings. The van der Waals surface area contributed by atoms with Crippen molar-refractivity contribution in [2.24, 2.45) is 11.3 Å². The standard InChI is InChI=1S/C10H16BrNO/c1-7(11)9(13)12-6-10(4-5-10)8-2-3-8/h7-8H,2-6H2,1H3,(H,12,13). The molecule has 0 heterocycles. The van der Waals surface area contributed by atoms with Gasteiger partial charge in [0, 0.05) is 6.54 Å². The maximum absolute atomic E-state index is 11.3. The van der Waals surface area contributed by atoms with Crippen molar-refractivity contribution in [3.8, 4) is 0 Å². The summed E-state index contributed by atoms with van der Waals surface area (Å²) in [5.41, 5.74) is 0.525. The van der Waals surface area contributed by atoms with E-state index in [1.807, 2.05) is 6.92 Å². The van der Waals surface area contributed by atoms with Gasteiger partial charge in [0.15, 0.2) is 0 Å². The van der Waals surface area contributed by atoms with Gasteiger partial charge in [-0.25, -0.2) is 0 Å². The van der Waals surface area contributed by atoms with Crippen LogP contribution in [0.1, 0.15) is 32.6 Å².